The van der Waals surface area contributed by atoms with E-state index >= 15 is 0 Å². The topological polar surface area (TPSA) is 77.2 Å². The number of carbonyl (C=O) groups is 1. The third-order valence-electron chi connectivity index (χ3n) is 2.46. The molecule has 0 aliphatic carbocycles. The van der Waals surface area contributed by atoms with Gasteiger partial charge in [-0.25, -0.2) is 0 Å². The van der Waals surface area contributed by atoms with Crippen LogP contribution in [0, 0.1) is 0 Å². The van der Waals surface area contributed by atoms with Crippen molar-refractivity contribution in [1.29, 1.82) is 0 Å². The number of ether oxygens (including phenoxy) is 1. The molecule has 1 heterocycles. The number of carbonyl (C=O) groups excluding carboxylic acids is 1. The number of nitrogens with two attached hydrogens (primary N) is 1. The van der Waals surface area contributed by atoms with Crippen LogP contribution in [-0.4, -0.2) is 17.5 Å². The molecule has 0 bridgehead atoms. The highest BCUT2D eigenvalue weighted by atomic mass is 16.5. The Bertz CT molecular complexity index is 543. The van der Waals surface area contributed by atoms with Gasteiger partial charge in [0.25, 0.3) is 5.91 Å². The Morgan fingerprint density at radius 2 is 2.05 bits per heavy atom. The second-order valence-corrected chi connectivity index (χ2v) is 3.99. The van der Waals surface area contributed by atoms with Gasteiger partial charge in [-0.05, 0) is 29.8 Å². The number of amides is 1. The van der Waals surface area contributed by atoms with Crippen molar-refractivity contribution in [2.75, 3.05) is 11.9 Å². The first-order chi connectivity index (χ1) is 9.24. The molecule has 0 saturated heterocycles. The van der Waals surface area contributed by atoms with Crippen LogP contribution in [0.5, 0.6) is 5.75 Å². The molecule has 0 saturated carbocycles. The summed E-state index contributed by atoms with van der Waals surface area (Å²) in [6.45, 7) is 0.579. The molecule has 0 aliphatic rings. The van der Waals surface area contributed by atoms with Crippen molar-refractivity contribution < 1.29 is 9.53 Å². The zero-order valence-electron chi connectivity index (χ0n) is 10.4. The van der Waals surface area contributed by atoms with Gasteiger partial charge in [-0.15, -0.1) is 0 Å². The third-order valence-corrected chi connectivity index (χ3v) is 2.46. The molecule has 2 rings (SSSR count). The van der Waals surface area contributed by atoms with Gasteiger partial charge in [0.15, 0.2) is 6.61 Å². The quantitative estimate of drug-likeness (QED) is 0.823. The van der Waals surface area contributed by atoms with Crippen molar-refractivity contribution >= 4 is 11.6 Å². The number of primary amides is 1. The van der Waals surface area contributed by atoms with Gasteiger partial charge in [0.05, 0.1) is 0 Å². The fourth-order valence-electron chi connectivity index (χ4n) is 1.56. The Balaban J connectivity index is 1.93. The van der Waals surface area contributed by atoms with Crippen LogP contribution < -0.4 is 15.8 Å². The van der Waals surface area contributed by atoms with Crippen molar-refractivity contribution in [3.8, 4) is 5.75 Å². The SMILES string of the molecule is NC(=O)COc1cccc(NCc2ccncc2)c1. The predicted octanol–water partition coefficient (Wildman–Crippen LogP) is 1.56. The van der Waals surface area contributed by atoms with E-state index in [0.29, 0.717) is 12.3 Å². The van der Waals surface area contributed by atoms with E-state index in [1.165, 1.54) is 0 Å². The number of rotatable bonds is 6. The van der Waals surface area contributed by atoms with E-state index in [0.717, 1.165) is 11.3 Å². The standard InChI is InChI=1S/C14H15N3O2/c15-14(18)10-19-13-3-1-2-12(8-13)17-9-11-4-6-16-7-5-11/h1-8,17H,9-10H2,(H2,15,18). The van der Waals surface area contributed by atoms with Crippen molar-refractivity contribution in [2.45, 2.75) is 6.54 Å². The highest BCUT2D eigenvalue weighted by molar-refractivity contribution is 5.75. The molecular formula is C14H15N3O2. The van der Waals surface area contributed by atoms with E-state index in [1.54, 1.807) is 18.5 Å². The number of nitrogens with zero attached hydrogens (tertiary/aromatic N) is 1. The van der Waals surface area contributed by atoms with Crippen LogP contribution in [-0.2, 0) is 11.3 Å². The minimum Gasteiger partial charge on any atom is -0.484 e. The molecule has 3 N–H and O–H groups in total. The molecule has 98 valence electrons. The molecule has 0 atom stereocenters. The number of anilines is 1. The van der Waals surface area contributed by atoms with Crippen LogP contribution in [0.25, 0.3) is 0 Å². The number of aromatic nitrogens is 1. The Kier molecular flexibility index (Phi) is 4.34. The summed E-state index contributed by atoms with van der Waals surface area (Å²) in [6, 6.07) is 11.3. The lowest BCUT2D eigenvalue weighted by Crippen LogP contribution is -2.20. The molecule has 2 aromatic rings. The van der Waals surface area contributed by atoms with Gasteiger partial charge < -0.3 is 15.8 Å². The summed E-state index contributed by atoms with van der Waals surface area (Å²) in [5.41, 5.74) is 7.08. The van der Waals surface area contributed by atoms with Gasteiger partial charge >= 0.3 is 0 Å². The zero-order valence-corrected chi connectivity index (χ0v) is 10.4. The van der Waals surface area contributed by atoms with Gasteiger partial charge in [0.1, 0.15) is 5.75 Å². The molecular weight excluding hydrogens is 242 g/mol. The van der Waals surface area contributed by atoms with Crippen LogP contribution in [0.2, 0.25) is 0 Å². The number of benzene rings is 1. The number of hydrogen-bond donors (Lipinski definition) is 2. The molecule has 19 heavy (non-hydrogen) atoms. The fraction of sp³-hybridized carbons (Fsp3) is 0.143. The predicted molar refractivity (Wildman–Crippen MR) is 72.7 cm³/mol. The van der Waals surface area contributed by atoms with Gasteiger partial charge in [0, 0.05) is 30.7 Å². The van der Waals surface area contributed by atoms with E-state index in [9.17, 15) is 4.79 Å². The lowest BCUT2D eigenvalue weighted by molar-refractivity contribution is -0.119. The molecule has 0 aliphatic heterocycles. The van der Waals surface area contributed by atoms with Crippen molar-refractivity contribution in [1.82, 2.24) is 4.98 Å². The first-order valence-electron chi connectivity index (χ1n) is 5.88. The lowest BCUT2D eigenvalue weighted by Gasteiger charge is -2.09. The second-order valence-electron chi connectivity index (χ2n) is 3.99. The molecule has 5 nitrogen and oxygen atoms in total. The number of nitrogens with one attached hydrogen (secondary N) is 1. The lowest BCUT2D eigenvalue weighted by atomic mass is 10.2. The number of pyridine rings is 1. The third kappa shape index (κ3) is 4.31. The van der Waals surface area contributed by atoms with Gasteiger partial charge in [-0.3, -0.25) is 9.78 Å². The highest BCUT2D eigenvalue weighted by Crippen LogP contribution is 2.17. The summed E-state index contributed by atoms with van der Waals surface area (Å²) < 4.78 is 5.24. The van der Waals surface area contributed by atoms with Crippen molar-refractivity contribution in [3.05, 3.63) is 54.4 Å². The fourth-order valence-corrected chi connectivity index (χ4v) is 1.56. The van der Waals surface area contributed by atoms with Crippen LogP contribution in [0.4, 0.5) is 5.69 Å². The molecule has 5 heteroatoms. The highest BCUT2D eigenvalue weighted by Gasteiger charge is 1.99. The van der Waals surface area contributed by atoms with Gasteiger partial charge in [-0.1, -0.05) is 6.07 Å². The Hall–Kier alpha value is -2.56. The average Bonchev–Trinajstić information content (AvgIpc) is 2.44. The van der Waals surface area contributed by atoms with E-state index in [-0.39, 0.29) is 6.61 Å². The summed E-state index contributed by atoms with van der Waals surface area (Å²) in [4.78, 5) is 14.6. The maximum atomic E-state index is 10.6. The minimum absolute atomic E-state index is 0.117. The monoisotopic (exact) mass is 257 g/mol. The normalized spacial score (nSPS) is 9.89. The van der Waals surface area contributed by atoms with Crippen molar-refractivity contribution in [3.63, 3.8) is 0 Å². The average molecular weight is 257 g/mol. The van der Waals surface area contributed by atoms with E-state index in [1.807, 2.05) is 30.3 Å². The molecule has 1 amide bonds. The van der Waals surface area contributed by atoms with Gasteiger partial charge in [-0.2, -0.15) is 0 Å². The summed E-state index contributed by atoms with van der Waals surface area (Å²) in [6.07, 6.45) is 3.51. The summed E-state index contributed by atoms with van der Waals surface area (Å²) in [5, 5.41) is 3.27. The molecule has 0 radical (unpaired) electrons. The minimum atomic E-state index is -0.491. The largest absolute Gasteiger partial charge is 0.484 e. The second kappa shape index (κ2) is 6.39. The van der Waals surface area contributed by atoms with Crippen LogP contribution in [0.3, 0.4) is 0 Å². The summed E-state index contributed by atoms with van der Waals surface area (Å²) in [5.74, 6) is 0.119. The smallest absolute Gasteiger partial charge is 0.255 e. The van der Waals surface area contributed by atoms with Crippen LogP contribution >= 0.6 is 0 Å². The van der Waals surface area contributed by atoms with Crippen LogP contribution in [0.15, 0.2) is 48.8 Å². The molecule has 0 unspecified atom stereocenters. The molecule has 0 fully saturated rings. The zero-order chi connectivity index (χ0) is 13.5. The van der Waals surface area contributed by atoms with E-state index < -0.39 is 5.91 Å². The Morgan fingerprint density at radius 3 is 2.79 bits per heavy atom. The van der Waals surface area contributed by atoms with Gasteiger partial charge in [0.2, 0.25) is 0 Å². The Morgan fingerprint density at radius 1 is 1.26 bits per heavy atom. The van der Waals surface area contributed by atoms with E-state index in [4.69, 9.17) is 10.5 Å². The first kappa shape index (κ1) is 12.9. The van der Waals surface area contributed by atoms with Crippen LogP contribution in [0.1, 0.15) is 5.56 Å². The maximum Gasteiger partial charge on any atom is 0.255 e. The first-order valence-corrected chi connectivity index (χ1v) is 5.88. The Labute approximate surface area is 111 Å². The summed E-state index contributed by atoms with van der Waals surface area (Å²) in [7, 11) is 0. The van der Waals surface area contributed by atoms with E-state index in [2.05, 4.69) is 10.3 Å². The number of hydrogen-bond acceptors (Lipinski definition) is 4. The van der Waals surface area contributed by atoms with Crippen molar-refractivity contribution in [2.24, 2.45) is 5.73 Å². The molecule has 0 spiro atoms. The summed E-state index contributed by atoms with van der Waals surface area (Å²) >= 11 is 0. The molecule has 1 aromatic carbocycles. The molecule has 1 aromatic heterocycles. The maximum absolute atomic E-state index is 10.6.